The number of nitrogens with two attached hydrogens (primary N) is 1. The van der Waals surface area contributed by atoms with Crippen molar-refractivity contribution in [3.63, 3.8) is 0 Å². The first-order valence-corrected chi connectivity index (χ1v) is 6.21. The average Bonchev–Trinajstić information content (AvgIpc) is 2.54. The Labute approximate surface area is 103 Å². The Hall–Kier alpha value is -1.42. The lowest BCUT2D eigenvalue weighted by Crippen LogP contribution is -2.28. The summed E-state index contributed by atoms with van der Waals surface area (Å²) < 4.78 is 0. The Balaban J connectivity index is 2.13. The molecule has 0 radical (unpaired) electrons. The third-order valence-corrected chi connectivity index (χ3v) is 3.39. The highest BCUT2D eigenvalue weighted by Gasteiger charge is 2.13. The minimum atomic E-state index is 0.822. The molecule has 0 bridgehead atoms. The maximum absolute atomic E-state index is 6.01. The van der Waals surface area contributed by atoms with Crippen LogP contribution in [-0.4, -0.2) is 45.2 Å². The highest BCUT2D eigenvalue weighted by atomic mass is 15.2. The van der Waals surface area contributed by atoms with Crippen LogP contribution in [0.25, 0.3) is 0 Å². The summed E-state index contributed by atoms with van der Waals surface area (Å²) in [5, 5.41) is 3.09. The SMILES string of the molecule is CNc1ccc(N2CCCN(C)CC2)cc1N. The standard InChI is InChI=1S/C13H22N4/c1-15-13-5-4-11(10-12(13)14)17-7-3-6-16(2)8-9-17/h4-5,10,15H,3,6-9,14H2,1-2H3. The van der Waals surface area contributed by atoms with Crippen molar-refractivity contribution in [2.75, 3.05) is 56.2 Å². The summed E-state index contributed by atoms with van der Waals surface area (Å²) in [5.41, 5.74) is 9.06. The molecule has 2 rings (SSSR count). The van der Waals surface area contributed by atoms with Gasteiger partial charge in [0, 0.05) is 32.4 Å². The molecule has 1 saturated heterocycles. The van der Waals surface area contributed by atoms with Crippen molar-refractivity contribution in [3.05, 3.63) is 18.2 Å². The second-order valence-corrected chi connectivity index (χ2v) is 4.67. The van der Waals surface area contributed by atoms with E-state index in [-0.39, 0.29) is 0 Å². The van der Waals surface area contributed by atoms with Crippen molar-refractivity contribution in [3.8, 4) is 0 Å². The fourth-order valence-corrected chi connectivity index (χ4v) is 2.28. The molecule has 0 amide bonds. The van der Waals surface area contributed by atoms with Crippen molar-refractivity contribution in [1.82, 2.24) is 4.90 Å². The van der Waals surface area contributed by atoms with Crippen LogP contribution in [0.1, 0.15) is 6.42 Å². The molecule has 1 aromatic carbocycles. The highest BCUT2D eigenvalue weighted by Crippen LogP contribution is 2.25. The molecule has 0 aliphatic carbocycles. The minimum absolute atomic E-state index is 0.822. The van der Waals surface area contributed by atoms with Gasteiger partial charge in [-0.25, -0.2) is 0 Å². The van der Waals surface area contributed by atoms with Crippen molar-refractivity contribution in [1.29, 1.82) is 0 Å². The van der Waals surface area contributed by atoms with Crippen molar-refractivity contribution in [2.24, 2.45) is 0 Å². The first-order chi connectivity index (χ1) is 8.20. The van der Waals surface area contributed by atoms with E-state index < -0.39 is 0 Å². The number of anilines is 3. The number of nitrogen functional groups attached to an aromatic ring is 1. The number of hydrogen-bond donors (Lipinski definition) is 2. The first-order valence-electron chi connectivity index (χ1n) is 6.21. The van der Waals surface area contributed by atoms with E-state index in [4.69, 9.17) is 5.73 Å². The summed E-state index contributed by atoms with van der Waals surface area (Å²) in [7, 11) is 4.08. The smallest absolute Gasteiger partial charge is 0.0572 e. The van der Waals surface area contributed by atoms with E-state index >= 15 is 0 Å². The van der Waals surface area contributed by atoms with Crippen LogP contribution < -0.4 is 16.0 Å². The molecule has 4 nitrogen and oxygen atoms in total. The fourth-order valence-electron chi connectivity index (χ4n) is 2.28. The Bertz CT molecular complexity index is 378. The summed E-state index contributed by atoms with van der Waals surface area (Å²) in [6, 6.07) is 6.27. The zero-order valence-electron chi connectivity index (χ0n) is 10.7. The fraction of sp³-hybridized carbons (Fsp3) is 0.538. The van der Waals surface area contributed by atoms with Gasteiger partial charge < -0.3 is 20.9 Å². The van der Waals surface area contributed by atoms with E-state index in [2.05, 4.69) is 40.4 Å². The Morgan fingerprint density at radius 3 is 2.71 bits per heavy atom. The third kappa shape index (κ3) is 2.82. The van der Waals surface area contributed by atoms with Crippen LogP contribution in [0, 0.1) is 0 Å². The van der Waals surface area contributed by atoms with Gasteiger partial charge in [-0.3, -0.25) is 0 Å². The van der Waals surface area contributed by atoms with E-state index in [1.54, 1.807) is 0 Å². The molecule has 4 heteroatoms. The van der Waals surface area contributed by atoms with Gasteiger partial charge in [0.1, 0.15) is 0 Å². The van der Waals surface area contributed by atoms with Crippen LogP contribution in [0.3, 0.4) is 0 Å². The summed E-state index contributed by atoms with van der Waals surface area (Å²) in [6.45, 7) is 4.49. The number of hydrogen-bond acceptors (Lipinski definition) is 4. The predicted octanol–water partition coefficient (Wildman–Crippen LogP) is 1.45. The summed E-state index contributed by atoms with van der Waals surface area (Å²) in [6.07, 6.45) is 1.21. The van der Waals surface area contributed by atoms with Crippen molar-refractivity contribution < 1.29 is 0 Å². The number of nitrogens with zero attached hydrogens (tertiary/aromatic N) is 2. The van der Waals surface area contributed by atoms with Gasteiger partial charge in [-0.1, -0.05) is 0 Å². The van der Waals surface area contributed by atoms with E-state index in [0.717, 1.165) is 31.0 Å². The van der Waals surface area contributed by atoms with Gasteiger partial charge in [0.05, 0.1) is 11.4 Å². The maximum atomic E-state index is 6.01. The second kappa shape index (κ2) is 5.27. The molecule has 1 aliphatic heterocycles. The molecule has 0 aromatic heterocycles. The first kappa shape index (κ1) is 12.0. The van der Waals surface area contributed by atoms with E-state index in [0.29, 0.717) is 0 Å². The Morgan fingerprint density at radius 1 is 1.18 bits per heavy atom. The van der Waals surface area contributed by atoms with E-state index in [1.807, 2.05) is 7.05 Å². The lowest BCUT2D eigenvalue weighted by atomic mass is 10.2. The molecule has 1 aromatic rings. The third-order valence-electron chi connectivity index (χ3n) is 3.39. The largest absolute Gasteiger partial charge is 0.397 e. The Kier molecular flexibility index (Phi) is 3.74. The predicted molar refractivity (Wildman–Crippen MR) is 74.7 cm³/mol. The average molecular weight is 234 g/mol. The topological polar surface area (TPSA) is 44.5 Å². The van der Waals surface area contributed by atoms with Gasteiger partial charge in [-0.2, -0.15) is 0 Å². The zero-order valence-corrected chi connectivity index (χ0v) is 10.7. The zero-order chi connectivity index (χ0) is 12.3. The van der Waals surface area contributed by atoms with Crippen LogP contribution in [0.15, 0.2) is 18.2 Å². The highest BCUT2D eigenvalue weighted by molar-refractivity contribution is 5.71. The summed E-state index contributed by atoms with van der Waals surface area (Å²) in [4.78, 5) is 4.80. The molecule has 94 valence electrons. The number of rotatable bonds is 2. The van der Waals surface area contributed by atoms with Crippen LogP contribution in [-0.2, 0) is 0 Å². The molecule has 0 atom stereocenters. The van der Waals surface area contributed by atoms with Crippen LogP contribution in [0.4, 0.5) is 17.1 Å². The van der Waals surface area contributed by atoms with Crippen LogP contribution >= 0.6 is 0 Å². The molecular weight excluding hydrogens is 212 g/mol. The molecule has 0 spiro atoms. The molecule has 0 saturated carbocycles. The monoisotopic (exact) mass is 234 g/mol. The second-order valence-electron chi connectivity index (χ2n) is 4.67. The van der Waals surface area contributed by atoms with Gasteiger partial charge in [0.25, 0.3) is 0 Å². The number of nitrogens with one attached hydrogen (secondary N) is 1. The van der Waals surface area contributed by atoms with Gasteiger partial charge in [-0.15, -0.1) is 0 Å². The van der Waals surface area contributed by atoms with Gasteiger partial charge in [-0.05, 0) is 38.2 Å². The molecule has 1 heterocycles. The number of likely N-dealkylation sites (N-methyl/N-ethyl adjacent to an activating group) is 1. The summed E-state index contributed by atoms with van der Waals surface area (Å²) in [5.74, 6) is 0. The molecule has 1 aliphatic rings. The lowest BCUT2D eigenvalue weighted by Gasteiger charge is -2.23. The van der Waals surface area contributed by atoms with Crippen LogP contribution in [0.2, 0.25) is 0 Å². The minimum Gasteiger partial charge on any atom is -0.397 e. The Morgan fingerprint density at radius 2 is 2.00 bits per heavy atom. The summed E-state index contributed by atoms with van der Waals surface area (Å²) >= 11 is 0. The van der Waals surface area contributed by atoms with Crippen LogP contribution in [0.5, 0.6) is 0 Å². The van der Waals surface area contributed by atoms with Gasteiger partial charge in [0.15, 0.2) is 0 Å². The van der Waals surface area contributed by atoms with Gasteiger partial charge in [0.2, 0.25) is 0 Å². The van der Waals surface area contributed by atoms with Crippen molar-refractivity contribution >= 4 is 17.1 Å². The lowest BCUT2D eigenvalue weighted by molar-refractivity contribution is 0.360. The van der Waals surface area contributed by atoms with Gasteiger partial charge >= 0.3 is 0 Å². The van der Waals surface area contributed by atoms with Crippen molar-refractivity contribution in [2.45, 2.75) is 6.42 Å². The molecule has 1 fully saturated rings. The quantitative estimate of drug-likeness (QED) is 0.760. The normalized spacial score (nSPS) is 17.9. The maximum Gasteiger partial charge on any atom is 0.0572 e. The molecule has 17 heavy (non-hydrogen) atoms. The van der Waals surface area contributed by atoms with E-state index in [9.17, 15) is 0 Å². The molecular formula is C13H22N4. The molecule has 0 unspecified atom stereocenters. The van der Waals surface area contributed by atoms with E-state index in [1.165, 1.54) is 18.7 Å². The number of benzene rings is 1. The molecule has 3 N–H and O–H groups in total.